The molecular formula is C27H26N4O3. The number of benzene rings is 2. The maximum absolute atomic E-state index is 13.6. The van der Waals surface area contributed by atoms with Gasteiger partial charge in [0.05, 0.1) is 28.4 Å². The van der Waals surface area contributed by atoms with Crippen LogP contribution < -0.4 is 10.2 Å². The number of aromatic nitrogens is 1. The summed E-state index contributed by atoms with van der Waals surface area (Å²) in [6.07, 6.45) is 2.88. The largest absolute Gasteiger partial charge is 0.339 e. The lowest BCUT2D eigenvalue weighted by Gasteiger charge is -2.58. The predicted molar refractivity (Wildman–Crippen MR) is 129 cm³/mol. The Kier molecular flexibility index (Phi) is 5.61. The van der Waals surface area contributed by atoms with Crippen LogP contribution in [0.25, 0.3) is 0 Å². The number of hydrogen-bond acceptors (Lipinski definition) is 4. The summed E-state index contributed by atoms with van der Waals surface area (Å²) in [5.74, 6) is -0.280. The van der Waals surface area contributed by atoms with Gasteiger partial charge in [-0.2, -0.15) is 0 Å². The van der Waals surface area contributed by atoms with Gasteiger partial charge in [0.25, 0.3) is 5.91 Å². The molecule has 1 unspecified atom stereocenters. The Bertz CT molecular complexity index is 1220. The highest BCUT2D eigenvalue weighted by molar-refractivity contribution is 6.07. The fourth-order valence-corrected chi connectivity index (χ4v) is 5.20. The fraction of sp³-hybridized carbons (Fsp3) is 0.259. The third kappa shape index (κ3) is 3.63. The number of pyridine rings is 1. The van der Waals surface area contributed by atoms with Crippen LogP contribution >= 0.6 is 0 Å². The van der Waals surface area contributed by atoms with Gasteiger partial charge in [0.15, 0.2) is 0 Å². The van der Waals surface area contributed by atoms with Crippen LogP contribution in [0, 0.1) is 5.41 Å². The molecule has 2 aliphatic heterocycles. The molecule has 1 N–H and O–H groups in total. The SMILES string of the molecule is CC(=O)Nc1ccccc1C(=O)N1CCC2(CC1)C(=O)N(c1ccccc1)C2c1ccccn1. The summed E-state index contributed by atoms with van der Waals surface area (Å²) in [4.78, 5) is 46.7. The van der Waals surface area contributed by atoms with Gasteiger partial charge in [0.1, 0.15) is 0 Å². The van der Waals surface area contributed by atoms with Crippen molar-refractivity contribution in [3.8, 4) is 0 Å². The molecule has 1 spiro atoms. The van der Waals surface area contributed by atoms with Crippen LogP contribution in [0.3, 0.4) is 0 Å². The van der Waals surface area contributed by atoms with Crippen molar-refractivity contribution in [1.29, 1.82) is 0 Å². The molecule has 7 nitrogen and oxygen atoms in total. The fourth-order valence-electron chi connectivity index (χ4n) is 5.20. The number of para-hydroxylation sites is 2. The van der Waals surface area contributed by atoms with E-state index in [1.807, 2.05) is 53.4 Å². The van der Waals surface area contributed by atoms with E-state index >= 15 is 0 Å². The van der Waals surface area contributed by atoms with Crippen molar-refractivity contribution in [2.75, 3.05) is 23.3 Å². The Labute approximate surface area is 198 Å². The van der Waals surface area contributed by atoms with Crippen LogP contribution in [0.5, 0.6) is 0 Å². The Hall–Kier alpha value is -4.00. The maximum atomic E-state index is 13.6. The lowest BCUT2D eigenvalue weighted by molar-refractivity contribution is -0.144. The summed E-state index contributed by atoms with van der Waals surface area (Å²) in [5, 5.41) is 2.74. The minimum atomic E-state index is -0.585. The molecule has 1 atom stereocenters. The van der Waals surface area contributed by atoms with Crippen LogP contribution in [0.15, 0.2) is 79.0 Å². The van der Waals surface area contributed by atoms with Gasteiger partial charge < -0.3 is 15.1 Å². The molecule has 34 heavy (non-hydrogen) atoms. The van der Waals surface area contributed by atoms with Crippen LogP contribution in [-0.4, -0.2) is 40.7 Å². The first-order valence-corrected chi connectivity index (χ1v) is 11.5. The zero-order valence-corrected chi connectivity index (χ0v) is 19.0. The number of nitrogens with one attached hydrogen (secondary N) is 1. The van der Waals surface area contributed by atoms with Crippen LogP contribution in [0.2, 0.25) is 0 Å². The quantitative estimate of drug-likeness (QED) is 0.603. The minimum Gasteiger partial charge on any atom is -0.339 e. The Morgan fingerprint density at radius 2 is 1.62 bits per heavy atom. The molecule has 3 amide bonds. The average molecular weight is 455 g/mol. The number of hydrogen-bond donors (Lipinski definition) is 1. The van der Waals surface area contributed by atoms with Crippen LogP contribution in [-0.2, 0) is 9.59 Å². The molecule has 2 fully saturated rings. The van der Waals surface area contributed by atoms with E-state index in [-0.39, 0.29) is 23.8 Å². The van der Waals surface area contributed by atoms with Gasteiger partial charge in [-0.15, -0.1) is 0 Å². The minimum absolute atomic E-state index is 0.0834. The summed E-state index contributed by atoms with van der Waals surface area (Å²) >= 11 is 0. The van der Waals surface area contributed by atoms with Crippen LogP contribution in [0.1, 0.15) is 41.9 Å². The zero-order valence-electron chi connectivity index (χ0n) is 19.0. The van der Waals surface area contributed by atoms with Gasteiger partial charge in [-0.3, -0.25) is 19.4 Å². The highest BCUT2D eigenvalue weighted by Crippen LogP contribution is 2.57. The number of piperidine rings is 1. The van der Waals surface area contributed by atoms with Crippen LogP contribution in [0.4, 0.5) is 11.4 Å². The van der Waals surface area contributed by atoms with Crippen molar-refractivity contribution in [3.05, 3.63) is 90.3 Å². The number of anilines is 2. The number of rotatable bonds is 4. The molecular weight excluding hydrogens is 428 g/mol. The van der Waals surface area contributed by atoms with E-state index in [9.17, 15) is 14.4 Å². The number of carbonyl (C=O) groups is 3. The lowest BCUT2D eigenvalue weighted by atomic mass is 9.63. The molecule has 0 radical (unpaired) electrons. The van der Waals surface area contributed by atoms with E-state index in [0.29, 0.717) is 37.2 Å². The van der Waals surface area contributed by atoms with E-state index in [0.717, 1.165) is 11.4 Å². The van der Waals surface area contributed by atoms with Crippen molar-refractivity contribution >= 4 is 29.1 Å². The molecule has 2 saturated heterocycles. The zero-order chi connectivity index (χ0) is 23.7. The molecule has 0 aliphatic carbocycles. The van der Waals surface area contributed by atoms with Gasteiger partial charge in [-0.25, -0.2) is 0 Å². The molecule has 172 valence electrons. The third-order valence-electron chi connectivity index (χ3n) is 6.84. The summed E-state index contributed by atoms with van der Waals surface area (Å²) in [7, 11) is 0. The lowest BCUT2D eigenvalue weighted by Crippen LogP contribution is -2.67. The van der Waals surface area contributed by atoms with E-state index in [1.54, 1.807) is 35.4 Å². The number of β-lactam (4-membered cyclic amide) rings is 1. The van der Waals surface area contributed by atoms with Crippen molar-refractivity contribution in [2.45, 2.75) is 25.8 Å². The molecule has 0 bridgehead atoms. The topological polar surface area (TPSA) is 82.6 Å². The van der Waals surface area contributed by atoms with Gasteiger partial charge in [-0.05, 0) is 49.2 Å². The molecule has 3 aromatic rings. The second-order valence-electron chi connectivity index (χ2n) is 8.84. The Morgan fingerprint density at radius 1 is 0.941 bits per heavy atom. The predicted octanol–water partition coefficient (Wildman–Crippen LogP) is 4.05. The van der Waals surface area contributed by atoms with Crippen molar-refractivity contribution in [1.82, 2.24) is 9.88 Å². The normalized spacial score (nSPS) is 19.0. The molecule has 7 heteroatoms. The highest BCUT2D eigenvalue weighted by Gasteiger charge is 2.62. The first-order chi connectivity index (χ1) is 16.5. The Balaban J connectivity index is 1.40. The van der Waals surface area contributed by atoms with Crippen molar-refractivity contribution in [2.24, 2.45) is 5.41 Å². The Morgan fingerprint density at radius 3 is 2.29 bits per heavy atom. The standard InChI is InChI=1S/C27H26N4O3/c1-19(32)29-22-12-6-5-11-21(22)25(33)30-17-14-27(15-18-30)24(23-13-7-8-16-28-23)31(26(27)34)20-9-3-2-4-10-20/h2-13,16,24H,14-15,17-18H2,1H3,(H,29,32). The first kappa shape index (κ1) is 21.8. The highest BCUT2D eigenvalue weighted by atomic mass is 16.2. The summed E-state index contributed by atoms with van der Waals surface area (Å²) < 4.78 is 0. The monoisotopic (exact) mass is 454 g/mol. The van der Waals surface area contributed by atoms with E-state index < -0.39 is 5.41 Å². The summed E-state index contributed by atoms with van der Waals surface area (Å²) in [5.41, 5.74) is 2.10. The third-order valence-corrected chi connectivity index (χ3v) is 6.84. The number of nitrogens with zero attached hydrogens (tertiary/aromatic N) is 3. The summed E-state index contributed by atoms with van der Waals surface area (Å²) in [6.45, 7) is 2.35. The average Bonchev–Trinajstić information content (AvgIpc) is 2.87. The molecule has 1 aromatic heterocycles. The van der Waals surface area contributed by atoms with Gasteiger partial charge in [-0.1, -0.05) is 36.4 Å². The van der Waals surface area contributed by atoms with Crippen molar-refractivity contribution < 1.29 is 14.4 Å². The van der Waals surface area contributed by atoms with E-state index in [4.69, 9.17) is 0 Å². The number of likely N-dealkylation sites (tertiary alicyclic amines) is 1. The molecule has 0 saturated carbocycles. The van der Waals surface area contributed by atoms with E-state index in [2.05, 4.69) is 10.3 Å². The second kappa shape index (κ2) is 8.74. The number of amides is 3. The number of carbonyl (C=O) groups excluding carboxylic acids is 3. The van der Waals surface area contributed by atoms with Gasteiger partial charge in [0, 0.05) is 31.9 Å². The van der Waals surface area contributed by atoms with Crippen molar-refractivity contribution in [3.63, 3.8) is 0 Å². The smallest absolute Gasteiger partial charge is 0.255 e. The van der Waals surface area contributed by atoms with E-state index in [1.165, 1.54) is 6.92 Å². The summed E-state index contributed by atoms with van der Waals surface area (Å²) in [6, 6.07) is 22.3. The first-order valence-electron chi connectivity index (χ1n) is 11.5. The molecule has 2 aromatic carbocycles. The maximum Gasteiger partial charge on any atom is 0.255 e. The van der Waals surface area contributed by atoms with Gasteiger partial charge in [0.2, 0.25) is 11.8 Å². The molecule has 3 heterocycles. The van der Waals surface area contributed by atoms with Gasteiger partial charge >= 0.3 is 0 Å². The second-order valence-corrected chi connectivity index (χ2v) is 8.84. The molecule has 2 aliphatic rings. The molecule has 5 rings (SSSR count).